The Labute approximate surface area is 210 Å². The molecule has 35 heavy (non-hydrogen) atoms. The number of nitrogens with one attached hydrogen (secondary N) is 2. The quantitative estimate of drug-likeness (QED) is 0.348. The summed E-state index contributed by atoms with van der Waals surface area (Å²) in [4.78, 5) is 30.2. The van der Waals surface area contributed by atoms with Gasteiger partial charge in [-0.15, -0.1) is 0 Å². The van der Waals surface area contributed by atoms with Crippen molar-refractivity contribution in [3.05, 3.63) is 76.3 Å². The van der Waals surface area contributed by atoms with E-state index in [9.17, 15) is 9.59 Å². The molecule has 2 atom stereocenters. The van der Waals surface area contributed by atoms with Gasteiger partial charge in [0.25, 0.3) is 5.91 Å². The zero-order valence-electron chi connectivity index (χ0n) is 18.6. The molecule has 1 aromatic heterocycles. The maximum absolute atomic E-state index is 12.9. The largest absolute Gasteiger partial charge is 0.454 e. The van der Waals surface area contributed by atoms with Gasteiger partial charge >= 0.3 is 0 Å². The number of para-hydroxylation sites is 2. The molecule has 2 N–H and O–H groups in total. The summed E-state index contributed by atoms with van der Waals surface area (Å²) in [5.41, 5.74) is 3.69. The standard InChI is InChI=1S/C26H20ClN3O4S/c1-13-4-2-6-18(27)22(13)29-24(31)14-8-9-19-21(10-14)35-26(28-19)30-25(32)17-11-16(17)15-5-3-7-20-23(15)34-12-33-20/h2-10,16-17H,11-12H2,1H3,(H,29,31)(H,28,30,32)/t16-,17+/m0/s1. The molecule has 0 saturated heterocycles. The summed E-state index contributed by atoms with van der Waals surface area (Å²) in [5.74, 6) is 1.10. The van der Waals surface area contributed by atoms with Crippen molar-refractivity contribution < 1.29 is 19.1 Å². The Morgan fingerprint density at radius 3 is 2.80 bits per heavy atom. The highest BCUT2D eigenvalue weighted by molar-refractivity contribution is 7.22. The highest BCUT2D eigenvalue weighted by Gasteiger charge is 2.46. The number of rotatable bonds is 5. The van der Waals surface area contributed by atoms with Crippen LogP contribution in [0.3, 0.4) is 0 Å². The van der Waals surface area contributed by atoms with Crippen molar-refractivity contribution in [2.45, 2.75) is 19.3 Å². The first-order valence-electron chi connectivity index (χ1n) is 11.1. The molecule has 2 aliphatic rings. The van der Waals surface area contributed by atoms with Gasteiger partial charge in [0.15, 0.2) is 16.6 Å². The number of nitrogens with zero attached hydrogens (tertiary/aromatic N) is 1. The number of hydrogen-bond donors (Lipinski definition) is 2. The normalized spacial score (nSPS) is 17.9. The van der Waals surface area contributed by atoms with Crippen molar-refractivity contribution in [1.82, 2.24) is 4.98 Å². The number of fused-ring (bicyclic) bond motifs is 2. The summed E-state index contributed by atoms with van der Waals surface area (Å²) in [6, 6.07) is 16.5. The van der Waals surface area contributed by atoms with Crippen molar-refractivity contribution in [3.63, 3.8) is 0 Å². The summed E-state index contributed by atoms with van der Waals surface area (Å²) < 4.78 is 11.8. The van der Waals surface area contributed by atoms with E-state index in [0.717, 1.165) is 39.3 Å². The number of aromatic nitrogens is 1. The van der Waals surface area contributed by atoms with Crippen LogP contribution in [-0.2, 0) is 4.79 Å². The fraction of sp³-hybridized carbons (Fsp3) is 0.192. The van der Waals surface area contributed by atoms with Crippen LogP contribution in [0, 0.1) is 12.8 Å². The van der Waals surface area contributed by atoms with Gasteiger partial charge in [-0.2, -0.15) is 0 Å². The van der Waals surface area contributed by atoms with E-state index in [1.165, 1.54) is 11.3 Å². The number of benzene rings is 3. The van der Waals surface area contributed by atoms with Crippen molar-refractivity contribution in [2.75, 3.05) is 17.4 Å². The Hall–Kier alpha value is -3.62. The highest BCUT2D eigenvalue weighted by atomic mass is 35.5. The number of carbonyl (C=O) groups is 2. The van der Waals surface area contributed by atoms with Crippen molar-refractivity contribution >= 4 is 55.8 Å². The molecule has 1 saturated carbocycles. The molecule has 6 rings (SSSR count). The average Bonchev–Trinajstić information content (AvgIpc) is 3.31. The predicted octanol–water partition coefficient (Wildman–Crippen LogP) is 5.98. The first kappa shape index (κ1) is 21.9. The van der Waals surface area contributed by atoms with E-state index in [1.807, 2.05) is 37.3 Å². The van der Waals surface area contributed by atoms with Crippen LogP contribution in [0.2, 0.25) is 5.02 Å². The van der Waals surface area contributed by atoms with Gasteiger partial charge in [0.2, 0.25) is 12.7 Å². The molecule has 2 heterocycles. The SMILES string of the molecule is Cc1cccc(Cl)c1NC(=O)c1ccc2nc(NC(=O)[C@@H]3C[C@H]3c3cccc4c3OCO4)sc2c1. The molecule has 176 valence electrons. The molecule has 1 aliphatic carbocycles. The minimum atomic E-state index is -0.260. The number of ether oxygens (including phenoxy) is 2. The van der Waals surface area contributed by atoms with Crippen LogP contribution in [0.4, 0.5) is 10.8 Å². The Balaban J connectivity index is 1.16. The number of halogens is 1. The molecule has 1 fully saturated rings. The maximum Gasteiger partial charge on any atom is 0.255 e. The third-order valence-electron chi connectivity index (χ3n) is 6.29. The number of aryl methyl sites for hydroxylation is 1. The number of thiazole rings is 1. The number of amides is 2. The van der Waals surface area contributed by atoms with E-state index in [0.29, 0.717) is 21.4 Å². The average molecular weight is 506 g/mol. The Morgan fingerprint density at radius 1 is 1.09 bits per heavy atom. The third kappa shape index (κ3) is 4.09. The Morgan fingerprint density at radius 2 is 1.94 bits per heavy atom. The topological polar surface area (TPSA) is 89.6 Å². The minimum Gasteiger partial charge on any atom is -0.454 e. The highest BCUT2D eigenvalue weighted by Crippen LogP contribution is 2.53. The first-order chi connectivity index (χ1) is 17.0. The Bertz CT molecular complexity index is 1480. The molecule has 9 heteroatoms. The fourth-order valence-corrected chi connectivity index (χ4v) is 5.54. The van der Waals surface area contributed by atoms with Crippen LogP contribution in [0.5, 0.6) is 11.5 Å². The van der Waals surface area contributed by atoms with E-state index in [2.05, 4.69) is 15.6 Å². The zero-order chi connectivity index (χ0) is 24.1. The smallest absolute Gasteiger partial charge is 0.255 e. The Kier molecular flexibility index (Phi) is 5.35. The van der Waals surface area contributed by atoms with E-state index < -0.39 is 0 Å². The van der Waals surface area contributed by atoms with E-state index >= 15 is 0 Å². The molecule has 3 aromatic carbocycles. The summed E-state index contributed by atoms with van der Waals surface area (Å²) >= 11 is 7.58. The van der Waals surface area contributed by atoms with Gasteiger partial charge < -0.3 is 20.1 Å². The summed E-state index contributed by atoms with van der Waals surface area (Å²) in [6.45, 7) is 2.10. The summed E-state index contributed by atoms with van der Waals surface area (Å²) in [7, 11) is 0. The second-order valence-corrected chi connectivity index (χ2v) is 10.0. The van der Waals surface area contributed by atoms with Gasteiger partial charge in [-0.3, -0.25) is 9.59 Å². The van der Waals surface area contributed by atoms with E-state index in [1.54, 1.807) is 24.3 Å². The van der Waals surface area contributed by atoms with Crippen LogP contribution < -0.4 is 20.1 Å². The number of hydrogen-bond acceptors (Lipinski definition) is 6. The summed E-state index contributed by atoms with van der Waals surface area (Å²) in [5, 5.41) is 6.82. The third-order valence-corrected chi connectivity index (χ3v) is 7.54. The van der Waals surface area contributed by atoms with Crippen LogP contribution in [-0.4, -0.2) is 23.6 Å². The molecule has 4 aromatic rings. The van der Waals surface area contributed by atoms with Gasteiger partial charge in [-0.05, 0) is 49.2 Å². The second kappa shape index (κ2) is 8.55. The predicted molar refractivity (Wildman–Crippen MR) is 136 cm³/mol. The monoisotopic (exact) mass is 505 g/mol. The van der Waals surface area contributed by atoms with E-state index in [4.69, 9.17) is 21.1 Å². The lowest BCUT2D eigenvalue weighted by Crippen LogP contribution is -2.14. The lowest BCUT2D eigenvalue weighted by Gasteiger charge is -2.10. The molecule has 1 aliphatic heterocycles. The van der Waals surface area contributed by atoms with Crippen molar-refractivity contribution in [3.8, 4) is 11.5 Å². The lowest BCUT2D eigenvalue weighted by molar-refractivity contribution is -0.117. The number of anilines is 2. The zero-order valence-corrected chi connectivity index (χ0v) is 20.2. The van der Waals surface area contributed by atoms with Crippen LogP contribution in [0.1, 0.15) is 33.8 Å². The lowest BCUT2D eigenvalue weighted by atomic mass is 10.1. The summed E-state index contributed by atoms with van der Waals surface area (Å²) in [6.07, 6.45) is 0.752. The van der Waals surface area contributed by atoms with Gasteiger partial charge in [0, 0.05) is 23.0 Å². The van der Waals surface area contributed by atoms with Gasteiger partial charge in [-0.1, -0.05) is 47.2 Å². The van der Waals surface area contributed by atoms with Crippen LogP contribution >= 0.6 is 22.9 Å². The maximum atomic E-state index is 12.9. The molecular formula is C26H20ClN3O4S. The molecule has 0 unspecified atom stereocenters. The minimum absolute atomic E-state index is 0.0715. The second-order valence-electron chi connectivity index (χ2n) is 8.61. The van der Waals surface area contributed by atoms with Crippen molar-refractivity contribution in [2.24, 2.45) is 5.92 Å². The van der Waals surface area contributed by atoms with Crippen LogP contribution in [0.25, 0.3) is 10.2 Å². The van der Waals surface area contributed by atoms with Gasteiger partial charge in [-0.25, -0.2) is 4.98 Å². The molecule has 0 radical (unpaired) electrons. The van der Waals surface area contributed by atoms with Gasteiger partial charge in [0.1, 0.15) is 0 Å². The number of carbonyl (C=O) groups excluding carboxylic acids is 2. The van der Waals surface area contributed by atoms with Crippen LogP contribution in [0.15, 0.2) is 54.6 Å². The first-order valence-corrected chi connectivity index (χ1v) is 12.3. The fourth-order valence-electron chi connectivity index (χ4n) is 4.37. The molecule has 7 nitrogen and oxygen atoms in total. The molecule has 2 amide bonds. The molecule has 0 spiro atoms. The van der Waals surface area contributed by atoms with Crippen molar-refractivity contribution in [1.29, 1.82) is 0 Å². The van der Waals surface area contributed by atoms with Gasteiger partial charge in [0.05, 0.1) is 20.9 Å². The van der Waals surface area contributed by atoms with E-state index in [-0.39, 0.29) is 30.4 Å². The molecular weight excluding hydrogens is 486 g/mol. The molecule has 0 bridgehead atoms.